The third-order valence-corrected chi connectivity index (χ3v) is 4.64. The number of tetrazole rings is 1. The number of aromatic nitrogens is 4. The van der Waals surface area contributed by atoms with Gasteiger partial charge in [-0.05, 0) is 55.2 Å². The Hall–Kier alpha value is -1.99. The molecule has 24 heavy (non-hydrogen) atoms. The molecule has 2 N–H and O–H groups in total. The van der Waals surface area contributed by atoms with Crippen molar-refractivity contribution in [2.45, 2.75) is 32.4 Å². The zero-order valence-electron chi connectivity index (χ0n) is 13.6. The van der Waals surface area contributed by atoms with Crippen LogP contribution in [-0.4, -0.2) is 50.1 Å². The molecule has 1 aliphatic rings. The van der Waals surface area contributed by atoms with E-state index in [4.69, 9.17) is 17.3 Å². The number of benzene rings is 1. The Bertz CT molecular complexity index is 699. The first-order valence-electron chi connectivity index (χ1n) is 8.10. The van der Waals surface area contributed by atoms with Gasteiger partial charge >= 0.3 is 0 Å². The minimum atomic E-state index is 0.000376. The first-order chi connectivity index (χ1) is 11.5. The molecule has 1 aromatic heterocycles. The molecule has 2 unspecified atom stereocenters. The summed E-state index contributed by atoms with van der Waals surface area (Å²) in [5.41, 5.74) is 6.79. The van der Waals surface area contributed by atoms with E-state index in [1.54, 1.807) is 12.1 Å². The molecular weight excluding hydrogens is 328 g/mol. The van der Waals surface area contributed by atoms with Crippen molar-refractivity contribution in [2.75, 3.05) is 13.1 Å². The lowest BCUT2D eigenvalue weighted by atomic mass is 9.92. The van der Waals surface area contributed by atoms with Crippen molar-refractivity contribution in [3.05, 3.63) is 29.3 Å². The Kier molecular flexibility index (Phi) is 5.11. The van der Waals surface area contributed by atoms with Crippen LogP contribution in [0, 0.1) is 5.92 Å². The number of nitrogens with two attached hydrogens (primary N) is 1. The second-order valence-corrected chi connectivity index (χ2v) is 6.69. The number of likely N-dealkylation sites (tertiary alicyclic amines) is 1. The van der Waals surface area contributed by atoms with Crippen molar-refractivity contribution in [1.82, 2.24) is 25.1 Å². The lowest BCUT2D eigenvalue weighted by Crippen LogP contribution is -2.46. The molecule has 0 aliphatic carbocycles. The monoisotopic (exact) mass is 348 g/mol. The van der Waals surface area contributed by atoms with E-state index in [1.165, 1.54) is 4.80 Å². The van der Waals surface area contributed by atoms with Crippen molar-refractivity contribution in [3.63, 3.8) is 0 Å². The predicted octanol–water partition coefficient (Wildman–Crippen LogP) is 1.58. The van der Waals surface area contributed by atoms with Gasteiger partial charge in [0, 0.05) is 29.7 Å². The van der Waals surface area contributed by atoms with Gasteiger partial charge in [0.15, 0.2) is 0 Å². The number of piperidine rings is 1. The van der Waals surface area contributed by atoms with Crippen LogP contribution in [0.4, 0.5) is 0 Å². The van der Waals surface area contributed by atoms with Gasteiger partial charge in [0.1, 0.15) is 6.54 Å². The molecule has 1 aliphatic heterocycles. The summed E-state index contributed by atoms with van der Waals surface area (Å²) in [6.45, 7) is 3.55. The maximum Gasteiger partial charge on any atom is 0.246 e. The number of halogens is 1. The molecule has 7 nitrogen and oxygen atoms in total. The summed E-state index contributed by atoms with van der Waals surface area (Å²) in [5, 5.41) is 12.9. The molecule has 3 rings (SSSR count). The van der Waals surface area contributed by atoms with Gasteiger partial charge in [0.25, 0.3) is 0 Å². The van der Waals surface area contributed by atoms with Crippen molar-refractivity contribution in [1.29, 1.82) is 0 Å². The number of hydrogen-bond acceptors (Lipinski definition) is 5. The number of carbonyl (C=O) groups is 1. The second-order valence-electron chi connectivity index (χ2n) is 6.25. The van der Waals surface area contributed by atoms with Crippen LogP contribution >= 0.6 is 11.6 Å². The van der Waals surface area contributed by atoms with Gasteiger partial charge in [0.2, 0.25) is 11.7 Å². The SMILES string of the molecule is CC(N)C1CCCN(C(=O)Cn2nnc(-c3ccc(Cl)cc3)n2)C1. The Morgan fingerprint density at radius 2 is 2.17 bits per heavy atom. The summed E-state index contributed by atoms with van der Waals surface area (Å²) in [6, 6.07) is 7.28. The molecule has 0 bridgehead atoms. The summed E-state index contributed by atoms with van der Waals surface area (Å²) in [6.07, 6.45) is 2.06. The van der Waals surface area contributed by atoms with E-state index >= 15 is 0 Å². The molecule has 128 valence electrons. The Balaban J connectivity index is 1.64. The van der Waals surface area contributed by atoms with Gasteiger partial charge in [-0.2, -0.15) is 4.80 Å². The molecule has 1 fully saturated rings. The zero-order chi connectivity index (χ0) is 17.1. The molecule has 0 radical (unpaired) electrons. The average Bonchev–Trinajstić information content (AvgIpc) is 3.04. The molecule has 0 saturated carbocycles. The van der Waals surface area contributed by atoms with Crippen molar-refractivity contribution < 1.29 is 4.79 Å². The molecule has 2 atom stereocenters. The van der Waals surface area contributed by atoms with Crippen LogP contribution in [0.15, 0.2) is 24.3 Å². The lowest BCUT2D eigenvalue weighted by Gasteiger charge is -2.34. The van der Waals surface area contributed by atoms with E-state index in [1.807, 2.05) is 24.0 Å². The normalized spacial score (nSPS) is 19.3. The van der Waals surface area contributed by atoms with Gasteiger partial charge in [-0.25, -0.2) is 0 Å². The number of carbonyl (C=O) groups excluding carboxylic acids is 1. The van der Waals surface area contributed by atoms with E-state index in [9.17, 15) is 4.79 Å². The van der Waals surface area contributed by atoms with Crippen molar-refractivity contribution >= 4 is 17.5 Å². The molecule has 1 saturated heterocycles. The topological polar surface area (TPSA) is 89.9 Å². The maximum absolute atomic E-state index is 12.5. The average molecular weight is 349 g/mol. The van der Waals surface area contributed by atoms with Crippen LogP contribution in [0.5, 0.6) is 0 Å². The van der Waals surface area contributed by atoms with Gasteiger partial charge in [-0.15, -0.1) is 10.2 Å². The van der Waals surface area contributed by atoms with E-state index in [0.29, 0.717) is 23.3 Å². The fourth-order valence-corrected chi connectivity index (χ4v) is 3.04. The fourth-order valence-electron chi connectivity index (χ4n) is 2.91. The second kappa shape index (κ2) is 7.27. The highest BCUT2D eigenvalue weighted by atomic mass is 35.5. The highest BCUT2D eigenvalue weighted by molar-refractivity contribution is 6.30. The number of nitrogens with zero attached hydrogens (tertiary/aromatic N) is 5. The third kappa shape index (κ3) is 3.91. The summed E-state index contributed by atoms with van der Waals surface area (Å²) in [5.74, 6) is 0.836. The minimum absolute atomic E-state index is 0.000376. The van der Waals surface area contributed by atoms with E-state index < -0.39 is 0 Å². The van der Waals surface area contributed by atoms with Gasteiger partial charge in [-0.1, -0.05) is 11.6 Å². The smallest absolute Gasteiger partial charge is 0.246 e. The molecular formula is C16H21ClN6O. The van der Waals surface area contributed by atoms with Gasteiger partial charge in [0.05, 0.1) is 0 Å². The van der Waals surface area contributed by atoms with Crippen LogP contribution < -0.4 is 5.73 Å². The number of amides is 1. The van der Waals surface area contributed by atoms with Gasteiger partial charge in [-0.3, -0.25) is 4.79 Å². The van der Waals surface area contributed by atoms with Crippen LogP contribution in [0.1, 0.15) is 19.8 Å². The van der Waals surface area contributed by atoms with E-state index in [-0.39, 0.29) is 18.5 Å². The zero-order valence-corrected chi connectivity index (χ0v) is 14.4. The summed E-state index contributed by atoms with van der Waals surface area (Å²) in [4.78, 5) is 15.7. The van der Waals surface area contributed by atoms with Crippen molar-refractivity contribution in [3.8, 4) is 11.4 Å². The lowest BCUT2D eigenvalue weighted by molar-refractivity contribution is -0.134. The Morgan fingerprint density at radius 1 is 1.42 bits per heavy atom. The molecule has 0 spiro atoms. The van der Waals surface area contributed by atoms with E-state index in [0.717, 1.165) is 24.9 Å². The fraction of sp³-hybridized carbons (Fsp3) is 0.500. The van der Waals surface area contributed by atoms with Gasteiger partial charge < -0.3 is 10.6 Å². The highest BCUT2D eigenvalue weighted by Gasteiger charge is 2.26. The largest absolute Gasteiger partial charge is 0.341 e. The standard InChI is InChI=1S/C16H21ClN6O/c1-11(18)13-3-2-8-22(9-13)15(24)10-23-20-16(19-21-23)12-4-6-14(17)7-5-12/h4-7,11,13H,2-3,8-10,18H2,1H3. The van der Waals surface area contributed by atoms with Crippen LogP contribution in [-0.2, 0) is 11.3 Å². The van der Waals surface area contributed by atoms with Crippen LogP contribution in [0.2, 0.25) is 5.02 Å². The summed E-state index contributed by atoms with van der Waals surface area (Å²) in [7, 11) is 0. The maximum atomic E-state index is 12.5. The van der Waals surface area contributed by atoms with Crippen LogP contribution in [0.3, 0.4) is 0 Å². The van der Waals surface area contributed by atoms with Crippen molar-refractivity contribution in [2.24, 2.45) is 11.7 Å². The predicted molar refractivity (Wildman–Crippen MR) is 91.2 cm³/mol. The first kappa shape index (κ1) is 16.9. The number of rotatable bonds is 4. The quantitative estimate of drug-likeness (QED) is 0.906. The molecule has 8 heteroatoms. The first-order valence-corrected chi connectivity index (χ1v) is 8.48. The Labute approximate surface area is 145 Å². The highest BCUT2D eigenvalue weighted by Crippen LogP contribution is 2.19. The number of hydrogen-bond donors (Lipinski definition) is 1. The molecule has 1 aromatic carbocycles. The Morgan fingerprint density at radius 3 is 2.88 bits per heavy atom. The summed E-state index contributed by atoms with van der Waals surface area (Å²) >= 11 is 5.87. The molecule has 1 amide bonds. The summed E-state index contributed by atoms with van der Waals surface area (Å²) < 4.78 is 0. The molecule has 2 heterocycles. The molecule has 2 aromatic rings. The van der Waals surface area contributed by atoms with Crippen LogP contribution in [0.25, 0.3) is 11.4 Å². The minimum Gasteiger partial charge on any atom is -0.341 e. The van der Waals surface area contributed by atoms with E-state index in [2.05, 4.69) is 15.4 Å². The third-order valence-electron chi connectivity index (χ3n) is 4.39.